The van der Waals surface area contributed by atoms with Gasteiger partial charge in [-0.2, -0.15) is 4.48 Å². The van der Waals surface area contributed by atoms with Gasteiger partial charge in [-0.1, -0.05) is 78.9 Å². The molecular weight excluding hydrogens is 534 g/mol. The second kappa shape index (κ2) is 9.43. The molecule has 2 aliphatic heterocycles. The van der Waals surface area contributed by atoms with Crippen LogP contribution in [0.5, 0.6) is 0 Å². The van der Waals surface area contributed by atoms with Crippen LogP contribution >= 0.6 is 0 Å². The lowest BCUT2D eigenvalue weighted by Gasteiger charge is -2.36. The molecule has 1 atom stereocenters. The van der Waals surface area contributed by atoms with Crippen molar-refractivity contribution in [2.45, 2.75) is 5.66 Å². The summed E-state index contributed by atoms with van der Waals surface area (Å²) in [5.74, 6) is 0. The fourth-order valence-electron chi connectivity index (χ4n) is 7.77. The van der Waals surface area contributed by atoms with E-state index in [1.165, 1.54) is 50.7 Å². The molecule has 3 heteroatoms. The van der Waals surface area contributed by atoms with Gasteiger partial charge >= 0.3 is 5.66 Å². The van der Waals surface area contributed by atoms with Crippen molar-refractivity contribution >= 4 is 22.7 Å². The second-order valence-electron chi connectivity index (χ2n) is 11.5. The van der Waals surface area contributed by atoms with Gasteiger partial charge in [-0.15, -0.1) is 9.13 Å². The van der Waals surface area contributed by atoms with E-state index in [1.54, 1.807) is 0 Å². The van der Waals surface area contributed by atoms with Gasteiger partial charge in [-0.3, -0.25) is 0 Å². The van der Waals surface area contributed by atoms with Crippen molar-refractivity contribution in [1.82, 2.24) is 4.48 Å². The number of rotatable bonds is 4. The first-order valence-electron chi connectivity index (χ1n) is 15.2. The number of aromatic nitrogens is 2. The molecule has 4 heterocycles. The monoisotopic (exact) mass is 564 g/mol. The van der Waals surface area contributed by atoms with Crippen LogP contribution in [0.2, 0.25) is 0 Å². The maximum Gasteiger partial charge on any atom is 0.417 e. The number of pyridine rings is 2. The Morgan fingerprint density at radius 3 is 1.36 bits per heavy atom. The van der Waals surface area contributed by atoms with Gasteiger partial charge < -0.3 is 0 Å². The normalized spacial score (nSPS) is 15.8. The summed E-state index contributed by atoms with van der Waals surface area (Å²) < 4.78 is 5.45. The van der Waals surface area contributed by atoms with Gasteiger partial charge in [0.1, 0.15) is 28.2 Å². The zero-order valence-corrected chi connectivity index (χ0v) is 24.2. The van der Waals surface area contributed by atoms with Crippen LogP contribution in [0.3, 0.4) is 0 Å². The first-order valence-corrected chi connectivity index (χ1v) is 15.2. The van der Waals surface area contributed by atoms with E-state index in [2.05, 4.69) is 191 Å². The van der Waals surface area contributed by atoms with Gasteiger partial charge in [0.25, 0.3) is 0 Å². The largest absolute Gasteiger partial charge is 0.417 e. The molecule has 7 aromatic rings. The molecular formula is C41H30N3+3. The Balaban J connectivity index is 1.44. The third kappa shape index (κ3) is 3.14. The molecule has 0 fully saturated rings. The Labute approximate surface area is 257 Å². The number of para-hydroxylation sites is 3. The Morgan fingerprint density at radius 1 is 0.364 bits per heavy atom. The van der Waals surface area contributed by atoms with Gasteiger partial charge in [0, 0.05) is 60.7 Å². The molecule has 1 spiro atoms. The molecule has 0 saturated carbocycles. The summed E-state index contributed by atoms with van der Waals surface area (Å²) in [7, 11) is 0. The quantitative estimate of drug-likeness (QED) is 0.149. The van der Waals surface area contributed by atoms with Crippen molar-refractivity contribution in [2.75, 3.05) is 0 Å². The average molecular weight is 565 g/mol. The van der Waals surface area contributed by atoms with E-state index < -0.39 is 5.66 Å². The van der Waals surface area contributed by atoms with E-state index >= 15 is 0 Å². The molecule has 0 N–H and O–H groups in total. The van der Waals surface area contributed by atoms with E-state index in [-0.39, 0.29) is 0 Å². The molecule has 0 amide bonds. The first kappa shape index (κ1) is 24.9. The lowest BCUT2D eigenvalue weighted by Crippen LogP contribution is -2.71. The highest BCUT2D eigenvalue weighted by Crippen LogP contribution is 2.53. The topological polar surface area (TPSA) is 7.76 Å². The molecule has 44 heavy (non-hydrogen) atoms. The van der Waals surface area contributed by atoms with E-state index in [4.69, 9.17) is 0 Å². The van der Waals surface area contributed by atoms with Crippen LogP contribution in [-0.4, -0.2) is 0 Å². The average Bonchev–Trinajstić information content (AvgIpc) is 3.57. The zero-order valence-electron chi connectivity index (χ0n) is 24.2. The van der Waals surface area contributed by atoms with E-state index in [0.29, 0.717) is 4.48 Å². The highest BCUT2D eigenvalue weighted by atomic mass is 15.4. The number of quaternary nitrogens is 1. The lowest BCUT2D eigenvalue weighted by molar-refractivity contribution is -0.955. The maximum absolute atomic E-state index is 2.53. The smallest absolute Gasteiger partial charge is 0.189 e. The number of hydrogen-bond donors (Lipinski definition) is 0. The number of nitrogens with zero attached hydrogens (tertiary/aromatic N) is 3. The van der Waals surface area contributed by atoms with Crippen molar-refractivity contribution in [3.05, 3.63) is 193 Å². The molecule has 206 valence electrons. The minimum Gasteiger partial charge on any atom is -0.189 e. The maximum atomic E-state index is 2.53. The van der Waals surface area contributed by atoms with Crippen LogP contribution in [0.4, 0.5) is 22.7 Å². The summed E-state index contributed by atoms with van der Waals surface area (Å²) in [6.45, 7) is 0. The van der Waals surface area contributed by atoms with Crippen LogP contribution in [0.15, 0.2) is 182 Å². The van der Waals surface area contributed by atoms with Gasteiger partial charge in [0.2, 0.25) is 23.3 Å². The van der Waals surface area contributed by atoms with Gasteiger partial charge in [-0.05, 0) is 30.3 Å². The summed E-state index contributed by atoms with van der Waals surface area (Å²) in [6.07, 6.45) is 4.66. The third-order valence-corrected chi connectivity index (χ3v) is 9.46. The molecule has 3 nitrogen and oxygen atoms in total. The fourth-order valence-corrected chi connectivity index (χ4v) is 7.77. The molecule has 0 saturated heterocycles. The molecule has 0 bridgehead atoms. The number of fused-ring (bicyclic) bond motifs is 10. The van der Waals surface area contributed by atoms with Crippen LogP contribution in [0.1, 0.15) is 11.1 Å². The van der Waals surface area contributed by atoms with Crippen LogP contribution in [0.25, 0.3) is 22.5 Å². The van der Waals surface area contributed by atoms with Crippen molar-refractivity contribution in [1.29, 1.82) is 0 Å². The zero-order chi connectivity index (χ0) is 29.1. The molecule has 1 unspecified atom stereocenters. The fraction of sp³-hybridized carbons (Fsp3) is 0.0244. The van der Waals surface area contributed by atoms with Crippen molar-refractivity contribution in [3.8, 4) is 22.5 Å². The summed E-state index contributed by atoms with van der Waals surface area (Å²) >= 11 is 0. The van der Waals surface area contributed by atoms with Crippen molar-refractivity contribution in [2.24, 2.45) is 0 Å². The van der Waals surface area contributed by atoms with E-state index in [9.17, 15) is 0 Å². The van der Waals surface area contributed by atoms with Crippen LogP contribution in [-0.2, 0) is 5.66 Å². The van der Waals surface area contributed by atoms with Crippen LogP contribution < -0.4 is 13.6 Å². The minimum atomic E-state index is -0.561. The molecule has 0 aliphatic carbocycles. The number of benzene rings is 5. The SMILES string of the molecule is c1ccc([N+](c2ccccc2)(c2ccccc2)c2ccc3[n+](c2)C2(c4ccccc4-c4cccc[n+]42)c2ccccc2-3)cc1. The van der Waals surface area contributed by atoms with Crippen molar-refractivity contribution < 1.29 is 9.13 Å². The van der Waals surface area contributed by atoms with Gasteiger partial charge in [0.15, 0.2) is 6.20 Å². The third-order valence-electron chi connectivity index (χ3n) is 9.46. The predicted octanol–water partition coefficient (Wildman–Crippen LogP) is 8.82. The predicted molar refractivity (Wildman–Crippen MR) is 176 cm³/mol. The molecule has 0 radical (unpaired) electrons. The Bertz CT molecular complexity index is 2010. The Kier molecular flexibility index (Phi) is 5.34. The Morgan fingerprint density at radius 2 is 0.818 bits per heavy atom. The summed E-state index contributed by atoms with van der Waals surface area (Å²) in [4.78, 5) is 0. The van der Waals surface area contributed by atoms with E-state index in [0.717, 1.165) is 5.69 Å². The summed E-state index contributed by atoms with van der Waals surface area (Å²) in [5, 5.41) is 0. The standard InChI is InChI=1S/C41H30N3/c1-4-16-31(17-5-1)44(32-18-6-2-7-19-32,33-20-8-3-9-21-33)34-27-28-40-36-23-11-13-25-38(36)41(43(40)30-34)37-24-12-10-22-35(37)39-26-14-15-29-42(39)41/h1-30H/q+3. The molecule has 5 aromatic carbocycles. The summed E-state index contributed by atoms with van der Waals surface area (Å²) in [5.41, 5.74) is 11.7. The van der Waals surface area contributed by atoms with Gasteiger partial charge in [0.05, 0.1) is 11.1 Å². The molecule has 2 aliphatic rings. The highest BCUT2D eigenvalue weighted by molar-refractivity contribution is 5.82. The van der Waals surface area contributed by atoms with Crippen molar-refractivity contribution in [3.63, 3.8) is 0 Å². The highest BCUT2D eigenvalue weighted by Gasteiger charge is 2.66. The first-order chi connectivity index (χ1) is 21.8. The van der Waals surface area contributed by atoms with Gasteiger partial charge in [-0.25, -0.2) is 0 Å². The minimum absolute atomic E-state index is 0.448. The Hall–Kier alpha value is -5.64. The van der Waals surface area contributed by atoms with Crippen LogP contribution in [0, 0.1) is 0 Å². The molecule has 9 rings (SSSR count). The second-order valence-corrected chi connectivity index (χ2v) is 11.5. The number of hydrogen-bond acceptors (Lipinski definition) is 0. The molecule has 2 aromatic heterocycles. The van der Waals surface area contributed by atoms with E-state index in [1.807, 2.05) is 0 Å². The lowest BCUT2D eigenvalue weighted by atomic mass is 9.90. The summed E-state index contributed by atoms with van der Waals surface area (Å²) in [6, 6.07) is 61.7.